The quantitative estimate of drug-likeness (QED) is 0.134. The van der Waals surface area contributed by atoms with E-state index < -0.39 is 0 Å². The first-order chi connectivity index (χ1) is 22.3. The van der Waals surface area contributed by atoms with Gasteiger partial charge in [0.1, 0.15) is 0 Å². The van der Waals surface area contributed by atoms with E-state index in [1.165, 1.54) is 89.5 Å². The number of aromatic amines is 4. The third-order valence-corrected chi connectivity index (χ3v) is 9.73. The molecule has 4 aromatic heterocycles. The van der Waals surface area contributed by atoms with Crippen molar-refractivity contribution in [3.8, 4) is 22.3 Å². The lowest BCUT2D eigenvalue weighted by Crippen LogP contribution is -2.08. The first-order valence-corrected chi connectivity index (χ1v) is 16.2. The van der Waals surface area contributed by atoms with Crippen molar-refractivity contribution in [1.29, 1.82) is 0 Å². The molecule has 0 aliphatic carbocycles. The second-order valence-electron chi connectivity index (χ2n) is 12.9. The van der Waals surface area contributed by atoms with Crippen molar-refractivity contribution in [3.63, 3.8) is 0 Å². The van der Waals surface area contributed by atoms with Crippen LogP contribution in [0.4, 0.5) is 0 Å². The van der Waals surface area contributed by atoms with Crippen LogP contribution in [0.15, 0.2) is 110 Å². The number of benzene rings is 3. The minimum absolute atomic E-state index is 0.130. The van der Waals surface area contributed by atoms with Crippen molar-refractivity contribution in [2.45, 2.75) is 53.4 Å². The number of hydrogen-bond acceptors (Lipinski definition) is 0. The molecule has 0 amide bonds. The lowest BCUT2D eigenvalue weighted by Gasteiger charge is -2.23. The summed E-state index contributed by atoms with van der Waals surface area (Å²) in [5.74, 6) is 0.261. The van der Waals surface area contributed by atoms with Crippen LogP contribution in [0.2, 0.25) is 0 Å². The number of aromatic nitrogens is 4. The topological polar surface area (TPSA) is 63.2 Å². The summed E-state index contributed by atoms with van der Waals surface area (Å²) in [7, 11) is 0. The minimum Gasteiger partial charge on any atom is -0.364 e. The molecule has 0 atom stereocenters. The van der Waals surface area contributed by atoms with Gasteiger partial charge in [-0.2, -0.15) is 0 Å². The highest BCUT2D eigenvalue weighted by Gasteiger charge is 2.24. The van der Waals surface area contributed by atoms with Crippen LogP contribution in [0.1, 0.15) is 79.1 Å². The molecule has 0 fully saturated rings. The molecule has 0 unspecified atom stereocenters. The molecule has 0 saturated carbocycles. The van der Waals surface area contributed by atoms with E-state index in [2.05, 4.69) is 146 Å². The summed E-state index contributed by atoms with van der Waals surface area (Å²) in [5, 5.41) is 0. The standard InChI is InChI=1S/C42H42N4/c1-25-19-32(34-22-30(6)36(24-28(34)4)42(39-13-9-17-45-39)40-14-10-18-46-40)26(2)20-31(25)33-21-29(5)35(23-27(33)3)41(37-11-7-15-43-37)38-12-8-16-44-38/h7-24,41-46H,1-6H3. The van der Waals surface area contributed by atoms with Gasteiger partial charge in [0.05, 0.1) is 11.8 Å². The Kier molecular flexibility index (Phi) is 7.66. The fourth-order valence-electron chi connectivity index (χ4n) is 7.38. The van der Waals surface area contributed by atoms with Crippen molar-refractivity contribution in [2.75, 3.05) is 0 Å². The second kappa shape index (κ2) is 11.9. The van der Waals surface area contributed by atoms with Crippen molar-refractivity contribution >= 4 is 0 Å². The van der Waals surface area contributed by atoms with Gasteiger partial charge in [-0.25, -0.2) is 0 Å². The van der Waals surface area contributed by atoms with E-state index in [9.17, 15) is 0 Å². The maximum absolute atomic E-state index is 3.46. The van der Waals surface area contributed by atoms with Gasteiger partial charge in [-0.1, -0.05) is 36.4 Å². The van der Waals surface area contributed by atoms with Gasteiger partial charge in [-0.05, 0) is 157 Å². The van der Waals surface area contributed by atoms with E-state index in [0.717, 1.165) is 0 Å². The fourth-order valence-corrected chi connectivity index (χ4v) is 7.38. The van der Waals surface area contributed by atoms with Crippen LogP contribution in [0, 0.1) is 41.5 Å². The Labute approximate surface area is 272 Å². The van der Waals surface area contributed by atoms with Crippen LogP contribution in [-0.2, 0) is 0 Å². The van der Waals surface area contributed by atoms with E-state index in [4.69, 9.17) is 0 Å². The summed E-state index contributed by atoms with van der Waals surface area (Å²) >= 11 is 0. The maximum atomic E-state index is 3.46. The molecule has 7 rings (SSSR count). The molecule has 0 bridgehead atoms. The average Bonchev–Trinajstić information content (AvgIpc) is 3.87. The van der Waals surface area contributed by atoms with Crippen LogP contribution in [0.5, 0.6) is 0 Å². The van der Waals surface area contributed by atoms with E-state index in [1.807, 2.05) is 24.8 Å². The summed E-state index contributed by atoms with van der Waals surface area (Å²) < 4.78 is 0. The lowest BCUT2D eigenvalue weighted by molar-refractivity contribution is 0.887. The number of hydrogen-bond donors (Lipinski definition) is 4. The predicted octanol–water partition coefficient (Wildman–Crippen LogP) is 10.5. The molecule has 4 nitrogen and oxygen atoms in total. The molecule has 4 N–H and O–H groups in total. The van der Waals surface area contributed by atoms with Crippen LogP contribution < -0.4 is 0 Å². The third-order valence-electron chi connectivity index (χ3n) is 9.73. The maximum Gasteiger partial charge on any atom is 0.0644 e. The van der Waals surface area contributed by atoms with E-state index in [-0.39, 0.29) is 11.8 Å². The molecule has 0 aliphatic rings. The first-order valence-electron chi connectivity index (χ1n) is 16.2. The predicted molar refractivity (Wildman–Crippen MR) is 191 cm³/mol. The summed E-state index contributed by atoms with van der Waals surface area (Å²) in [6.07, 6.45) is 8.03. The molecule has 0 spiro atoms. The summed E-state index contributed by atoms with van der Waals surface area (Å²) in [6, 6.07) is 31.3. The Balaban J connectivity index is 1.27. The van der Waals surface area contributed by atoms with Crippen molar-refractivity contribution in [3.05, 3.63) is 177 Å². The highest BCUT2D eigenvalue weighted by atomic mass is 14.8. The van der Waals surface area contributed by atoms with Crippen LogP contribution in [0.3, 0.4) is 0 Å². The molecule has 0 aliphatic heterocycles. The highest BCUT2D eigenvalue weighted by Crippen LogP contribution is 2.41. The molecular weight excluding hydrogens is 560 g/mol. The Morgan fingerprint density at radius 1 is 0.348 bits per heavy atom. The number of nitrogens with one attached hydrogen (secondary N) is 4. The van der Waals surface area contributed by atoms with Gasteiger partial charge in [0.2, 0.25) is 0 Å². The van der Waals surface area contributed by atoms with Gasteiger partial charge >= 0.3 is 0 Å². The van der Waals surface area contributed by atoms with Gasteiger partial charge in [-0.15, -0.1) is 0 Å². The molecule has 7 aromatic rings. The summed E-state index contributed by atoms with van der Waals surface area (Å²) in [6.45, 7) is 13.5. The first kappa shape index (κ1) is 29.5. The van der Waals surface area contributed by atoms with Crippen LogP contribution in [0.25, 0.3) is 22.3 Å². The number of aryl methyl sites for hydroxylation is 6. The zero-order valence-electron chi connectivity index (χ0n) is 27.5. The molecule has 0 radical (unpaired) electrons. The number of rotatable bonds is 8. The molecule has 3 aromatic carbocycles. The molecular formula is C42H42N4. The molecule has 4 heterocycles. The zero-order valence-corrected chi connectivity index (χ0v) is 27.5. The van der Waals surface area contributed by atoms with Crippen LogP contribution >= 0.6 is 0 Å². The molecule has 4 heteroatoms. The molecule has 0 saturated heterocycles. The van der Waals surface area contributed by atoms with Gasteiger partial charge in [-0.3, -0.25) is 0 Å². The smallest absolute Gasteiger partial charge is 0.0644 e. The Hall–Kier alpha value is -5.22. The Morgan fingerprint density at radius 3 is 0.870 bits per heavy atom. The summed E-state index contributed by atoms with van der Waals surface area (Å²) in [4.78, 5) is 13.9. The fraction of sp³-hybridized carbons (Fsp3) is 0.190. The monoisotopic (exact) mass is 602 g/mol. The SMILES string of the molecule is Cc1cc(-c2cc(C)c(C(c3ccc[nH]3)c3ccc[nH]3)cc2C)c(C)cc1-c1cc(C)c(C(c2ccc[nH]2)c2ccc[nH]2)cc1C. The second-order valence-corrected chi connectivity index (χ2v) is 12.9. The highest BCUT2D eigenvalue weighted by molar-refractivity contribution is 5.80. The van der Waals surface area contributed by atoms with Gasteiger partial charge in [0.15, 0.2) is 0 Å². The zero-order chi connectivity index (χ0) is 31.9. The average molecular weight is 603 g/mol. The minimum atomic E-state index is 0.130. The van der Waals surface area contributed by atoms with E-state index in [1.54, 1.807) is 0 Å². The van der Waals surface area contributed by atoms with E-state index >= 15 is 0 Å². The van der Waals surface area contributed by atoms with Crippen molar-refractivity contribution < 1.29 is 0 Å². The third kappa shape index (κ3) is 5.24. The van der Waals surface area contributed by atoms with Crippen molar-refractivity contribution in [1.82, 2.24) is 19.9 Å². The Morgan fingerprint density at radius 2 is 0.609 bits per heavy atom. The van der Waals surface area contributed by atoms with Crippen molar-refractivity contribution in [2.24, 2.45) is 0 Å². The summed E-state index contributed by atoms with van der Waals surface area (Å²) in [5.41, 5.74) is 20.3. The van der Waals surface area contributed by atoms with Gasteiger partial charge < -0.3 is 19.9 Å². The normalized spacial score (nSPS) is 11.7. The number of H-pyrrole nitrogens is 4. The van der Waals surface area contributed by atoms with Crippen LogP contribution in [-0.4, -0.2) is 19.9 Å². The largest absolute Gasteiger partial charge is 0.364 e. The lowest BCUT2D eigenvalue weighted by atomic mass is 9.82. The molecule has 46 heavy (non-hydrogen) atoms. The molecule has 230 valence electrons. The van der Waals surface area contributed by atoms with Gasteiger partial charge in [0.25, 0.3) is 0 Å². The Bertz CT molecular complexity index is 1870. The van der Waals surface area contributed by atoms with E-state index in [0.29, 0.717) is 0 Å². The van der Waals surface area contributed by atoms with Gasteiger partial charge in [0, 0.05) is 47.6 Å².